The number of nitrogens with zero attached hydrogens (tertiary/aromatic N) is 4. The zero-order chi connectivity index (χ0) is 16.4. The molecule has 1 N–H and O–H groups in total. The van der Waals surface area contributed by atoms with E-state index >= 15 is 0 Å². The summed E-state index contributed by atoms with van der Waals surface area (Å²) < 4.78 is 2.11. The van der Waals surface area contributed by atoms with E-state index in [1.807, 2.05) is 36.8 Å². The second-order valence-electron chi connectivity index (χ2n) is 5.79. The third kappa shape index (κ3) is 2.96. The van der Waals surface area contributed by atoms with Gasteiger partial charge in [-0.15, -0.1) is 0 Å². The average molecular weight is 315 g/mol. The molecule has 5 nitrogen and oxygen atoms in total. The number of imidazole rings is 1. The molecule has 3 aromatic heterocycles. The number of nitrogens with one attached hydrogen (secondary N) is 1. The molecule has 24 heavy (non-hydrogen) atoms. The van der Waals surface area contributed by atoms with Crippen molar-refractivity contribution < 1.29 is 0 Å². The summed E-state index contributed by atoms with van der Waals surface area (Å²) >= 11 is 0. The largest absolute Gasteiger partial charge is 0.340 e. The molecule has 0 aliphatic rings. The van der Waals surface area contributed by atoms with E-state index in [2.05, 4.69) is 50.0 Å². The number of hydrogen-bond donors (Lipinski definition) is 1. The highest BCUT2D eigenvalue weighted by Crippen LogP contribution is 2.20. The lowest BCUT2D eigenvalue weighted by Gasteiger charge is -2.08. The summed E-state index contributed by atoms with van der Waals surface area (Å²) in [6.07, 6.45) is 7.30. The molecule has 0 amide bonds. The quantitative estimate of drug-likeness (QED) is 0.620. The van der Waals surface area contributed by atoms with Crippen molar-refractivity contribution in [3.8, 4) is 0 Å². The maximum atomic E-state index is 4.45. The van der Waals surface area contributed by atoms with Gasteiger partial charge in [-0.3, -0.25) is 4.98 Å². The Kier molecular flexibility index (Phi) is 3.67. The molecule has 0 spiro atoms. The number of fused-ring (bicyclic) bond motifs is 1. The van der Waals surface area contributed by atoms with Crippen LogP contribution in [0.5, 0.6) is 0 Å². The number of hydrogen-bond acceptors (Lipinski definition) is 4. The lowest BCUT2D eigenvalue weighted by Crippen LogP contribution is -1.99. The highest BCUT2D eigenvalue weighted by atomic mass is 15.1. The SMILES string of the molecule is Cc1cccc(Nc2cc3c(cn2)ncn3Cc2cccnc2)c1. The van der Waals surface area contributed by atoms with Crippen LogP contribution in [0.25, 0.3) is 11.0 Å². The Hall–Kier alpha value is -3.21. The molecule has 0 radical (unpaired) electrons. The summed E-state index contributed by atoms with van der Waals surface area (Å²) in [6, 6.07) is 14.3. The van der Waals surface area contributed by atoms with Gasteiger partial charge in [-0.25, -0.2) is 9.97 Å². The van der Waals surface area contributed by atoms with Crippen LogP contribution in [0.2, 0.25) is 0 Å². The molecule has 0 saturated carbocycles. The summed E-state index contributed by atoms with van der Waals surface area (Å²) in [6.45, 7) is 2.81. The minimum Gasteiger partial charge on any atom is -0.340 e. The summed E-state index contributed by atoms with van der Waals surface area (Å²) in [4.78, 5) is 13.1. The third-order valence-corrected chi connectivity index (χ3v) is 3.87. The van der Waals surface area contributed by atoms with Gasteiger partial charge in [0, 0.05) is 24.1 Å². The van der Waals surface area contributed by atoms with Crippen molar-refractivity contribution in [2.75, 3.05) is 5.32 Å². The van der Waals surface area contributed by atoms with Crippen LogP contribution >= 0.6 is 0 Å². The molecule has 0 aliphatic carbocycles. The van der Waals surface area contributed by atoms with Gasteiger partial charge in [-0.1, -0.05) is 18.2 Å². The first kappa shape index (κ1) is 14.4. The van der Waals surface area contributed by atoms with Crippen LogP contribution in [0, 0.1) is 6.92 Å². The van der Waals surface area contributed by atoms with Crippen molar-refractivity contribution in [3.05, 3.63) is 78.5 Å². The fourth-order valence-electron chi connectivity index (χ4n) is 2.71. The molecule has 4 aromatic rings. The van der Waals surface area contributed by atoms with E-state index in [1.54, 1.807) is 12.4 Å². The number of rotatable bonds is 4. The van der Waals surface area contributed by atoms with E-state index in [-0.39, 0.29) is 0 Å². The summed E-state index contributed by atoms with van der Waals surface area (Å²) in [5, 5.41) is 3.35. The fourth-order valence-corrected chi connectivity index (χ4v) is 2.71. The Morgan fingerprint density at radius 1 is 1.04 bits per heavy atom. The van der Waals surface area contributed by atoms with E-state index in [0.29, 0.717) is 0 Å². The molecule has 4 rings (SSSR count). The number of aromatic nitrogens is 4. The highest BCUT2D eigenvalue weighted by molar-refractivity contribution is 5.78. The van der Waals surface area contributed by atoms with Crippen molar-refractivity contribution in [1.82, 2.24) is 19.5 Å². The van der Waals surface area contributed by atoms with Gasteiger partial charge < -0.3 is 9.88 Å². The van der Waals surface area contributed by atoms with Gasteiger partial charge >= 0.3 is 0 Å². The van der Waals surface area contributed by atoms with Crippen molar-refractivity contribution in [3.63, 3.8) is 0 Å². The van der Waals surface area contributed by atoms with Crippen LogP contribution in [0.15, 0.2) is 67.4 Å². The fraction of sp³-hybridized carbons (Fsp3) is 0.105. The van der Waals surface area contributed by atoms with Crippen molar-refractivity contribution in [1.29, 1.82) is 0 Å². The number of anilines is 2. The molecular weight excluding hydrogens is 298 g/mol. The molecular formula is C19H17N5. The van der Waals surface area contributed by atoms with E-state index < -0.39 is 0 Å². The van der Waals surface area contributed by atoms with Crippen LogP contribution in [-0.4, -0.2) is 19.5 Å². The van der Waals surface area contributed by atoms with E-state index in [9.17, 15) is 0 Å². The van der Waals surface area contributed by atoms with Gasteiger partial charge in [0.15, 0.2) is 0 Å². The van der Waals surface area contributed by atoms with Crippen LogP contribution in [0.1, 0.15) is 11.1 Å². The predicted molar refractivity (Wildman–Crippen MR) is 95.3 cm³/mol. The second-order valence-corrected chi connectivity index (χ2v) is 5.79. The molecule has 1 aromatic carbocycles. The molecule has 0 fully saturated rings. The number of aryl methyl sites for hydroxylation is 1. The molecule has 5 heteroatoms. The van der Waals surface area contributed by atoms with Gasteiger partial charge in [-0.05, 0) is 36.2 Å². The van der Waals surface area contributed by atoms with Crippen LogP contribution in [0.3, 0.4) is 0 Å². The van der Waals surface area contributed by atoms with Gasteiger partial charge in [0.05, 0.1) is 24.6 Å². The Bertz CT molecular complexity index is 975. The van der Waals surface area contributed by atoms with Crippen LogP contribution in [0.4, 0.5) is 11.5 Å². The Balaban J connectivity index is 1.65. The average Bonchev–Trinajstić information content (AvgIpc) is 2.98. The van der Waals surface area contributed by atoms with Gasteiger partial charge in [0.1, 0.15) is 11.3 Å². The summed E-state index contributed by atoms with van der Waals surface area (Å²) in [5.74, 6) is 0.807. The molecule has 0 saturated heterocycles. The zero-order valence-corrected chi connectivity index (χ0v) is 13.3. The van der Waals surface area contributed by atoms with E-state index in [1.165, 1.54) is 5.56 Å². The maximum Gasteiger partial charge on any atom is 0.132 e. The first-order chi connectivity index (χ1) is 11.8. The Labute approximate surface area is 140 Å². The van der Waals surface area contributed by atoms with Gasteiger partial charge in [0.25, 0.3) is 0 Å². The summed E-state index contributed by atoms with van der Waals surface area (Å²) in [5.41, 5.74) is 5.31. The van der Waals surface area contributed by atoms with E-state index in [4.69, 9.17) is 0 Å². The summed E-state index contributed by atoms with van der Waals surface area (Å²) in [7, 11) is 0. The predicted octanol–water partition coefficient (Wildman–Crippen LogP) is 3.93. The smallest absolute Gasteiger partial charge is 0.132 e. The lowest BCUT2D eigenvalue weighted by atomic mass is 10.2. The Morgan fingerprint density at radius 3 is 2.83 bits per heavy atom. The molecule has 0 aliphatic heterocycles. The molecule has 0 bridgehead atoms. The number of pyridine rings is 2. The second kappa shape index (κ2) is 6.12. The normalized spacial score (nSPS) is 10.9. The molecule has 0 unspecified atom stereocenters. The molecule has 118 valence electrons. The maximum absolute atomic E-state index is 4.45. The van der Waals surface area contributed by atoms with Gasteiger partial charge in [-0.2, -0.15) is 0 Å². The van der Waals surface area contributed by atoms with Crippen molar-refractivity contribution >= 4 is 22.5 Å². The minimum absolute atomic E-state index is 0.734. The first-order valence-electron chi connectivity index (χ1n) is 7.81. The topological polar surface area (TPSA) is 55.6 Å². The van der Waals surface area contributed by atoms with Crippen LogP contribution < -0.4 is 5.32 Å². The number of benzene rings is 1. The zero-order valence-electron chi connectivity index (χ0n) is 13.3. The van der Waals surface area contributed by atoms with Crippen molar-refractivity contribution in [2.24, 2.45) is 0 Å². The minimum atomic E-state index is 0.734. The first-order valence-corrected chi connectivity index (χ1v) is 7.81. The highest BCUT2D eigenvalue weighted by Gasteiger charge is 2.06. The standard InChI is InChI=1S/C19H17N5/c1-14-4-2-6-16(8-14)23-19-9-18-17(11-21-19)22-13-24(18)12-15-5-3-7-20-10-15/h2-11,13H,12H2,1H3,(H,21,23). The monoisotopic (exact) mass is 315 g/mol. The third-order valence-electron chi connectivity index (χ3n) is 3.87. The van der Waals surface area contributed by atoms with E-state index in [0.717, 1.165) is 34.6 Å². The Morgan fingerprint density at radius 2 is 2.00 bits per heavy atom. The molecule has 0 atom stereocenters. The lowest BCUT2D eigenvalue weighted by molar-refractivity contribution is 0.819. The van der Waals surface area contributed by atoms with Crippen LogP contribution in [-0.2, 0) is 6.54 Å². The van der Waals surface area contributed by atoms with Crippen molar-refractivity contribution in [2.45, 2.75) is 13.5 Å². The van der Waals surface area contributed by atoms with Gasteiger partial charge in [0.2, 0.25) is 0 Å². The molecule has 3 heterocycles.